The number of rotatable bonds is 1. The van der Waals surface area contributed by atoms with Gasteiger partial charge in [0.2, 0.25) is 0 Å². The molecular weight excluding hydrogens is 242 g/mol. The van der Waals surface area contributed by atoms with Crippen molar-refractivity contribution in [3.8, 4) is 11.1 Å². The largest absolute Gasteiger partial charge is 0.235 e. The number of para-hydroxylation sites is 1. The predicted molar refractivity (Wildman–Crippen MR) is 76.9 cm³/mol. The van der Waals surface area contributed by atoms with E-state index in [1.54, 1.807) is 0 Å². The second kappa shape index (κ2) is 4.43. The summed E-state index contributed by atoms with van der Waals surface area (Å²) in [4.78, 5) is 4.48. The molecule has 0 fully saturated rings. The monoisotopic (exact) mass is 253 g/mol. The van der Waals surface area contributed by atoms with Crippen molar-refractivity contribution >= 4 is 22.5 Å². The first-order valence-electron chi connectivity index (χ1n) is 5.87. The van der Waals surface area contributed by atoms with E-state index < -0.39 is 0 Å². The average molecular weight is 254 g/mol. The number of hydrogen-bond donors (Lipinski definition) is 0. The Balaban J connectivity index is 2.37. The van der Waals surface area contributed by atoms with E-state index in [1.165, 1.54) is 5.56 Å². The maximum Gasteiger partial charge on any atom is 0.137 e. The molecule has 3 aromatic rings. The lowest BCUT2D eigenvalue weighted by Crippen LogP contribution is -1.91. The van der Waals surface area contributed by atoms with Gasteiger partial charge in [0.25, 0.3) is 0 Å². The van der Waals surface area contributed by atoms with Crippen LogP contribution in [-0.2, 0) is 0 Å². The standard InChI is InChI=1S/C16H12ClN/c1-11-13-9-5-6-10-14(13)18-16(17)15(11)12-7-3-2-4-8-12/h2-10H,1H3. The molecule has 0 aliphatic carbocycles. The average Bonchev–Trinajstić information content (AvgIpc) is 2.40. The number of hydrogen-bond acceptors (Lipinski definition) is 1. The molecule has 0 aliphatic rings. The fraction of sp³-hybridized carbons (Fsp3) is 0.0625. The molecule has 0 amide bonds. The van der Waals surface area contributed by atoms with Crippen molar-refractivity contribution in [3.63, 3.8) is 0 Å². The summed E-state index contributed by atoms with van der Waals surface area (Å²) in [5.41, 5.74) is 4.26. The number of halogens is 1. The molecule has 1 heterocycles. The van der Waals surface area contributed by atoms with Gasteiger partial charge in [-0.05, 0) is 24.1 Å². The van der Waals surface area contributed by atoms with Gasteiger partial charge in [0.1, 0.15) is 5.15 Å². The Labute approximate surface area is 111 Å². The topological polar surface area (TPSA) is 12.9 Å². The summed E-state index contributed by atoms with van der Waals surface area (Å²) in [6.07, 6.45) is 0. The lowest BCUT2D eigenvalue weighted by atomic mass is 9.99. The molecule has 0 unspecified atom stereocenters. The summed E-state index contributed by atoms with van der Waals surface area (Å²) in [6, 6.07) is 18.2. The van der Waals surface area contributed by atoms with Crippen LogP contribution >= 0.6 is 11.6 Å². The zero-order valence-corrected chi connectivity index (χ0v) is 10.8. The van der Waals surface area contributed by atoms with Crippen molar-refractivity contribution in [2.75, 3.05) is 0 Å². The van der Waals surface area contributed by atoms with Crippen LogP contribution in [0.1, 0.15) is 5.56 Å². The second-order valence-electron chi connectivity index (χ2n) is 4.29. The van der Waals surface area contributed by atoms with Gasteiger partial charge in [0.15, 0.2) is 0 Å². The minimum Gasteiger partial charge on any atom is -0.235 e. The number of fused-ring (bicyclic) bond motifs is 1. The summed E-state index contributed by atoms with van der Waals surface area (Å²) in [5.74, 6) is 0. The summed E-state index contributed by atoms with van der Waals surface area (Å²) in [7, 11) is 0. The first-order valence-corrected chi connectivity index (χ1v) is 6.25. The van der Waals surface area contributed by atoms with Crippen molar-refractivity contribution in [2.24, 2.45) is 0 Å². The number of nitrogens with zero attached hydrogens (tertiary/aromatic N) is 1. The summed E-state index contributed by atoms with van der Waals surface area (Å²) in [6.45, 7) is 2.10. The third-order valence-corrected chi connectivity index (χ3v) is 3.44. The molecule has 3 rings (SSSR count). The second-order valence-corrected chi connectivity index (χ2v) is 4.64. The molecule has 2 aromatic carbocycles. The molecule has 0 saturated carbocycles. The van der Waals surface area contributed by atoms with Gasteiger partial charge in [-0.15, -0.1) is 0 Å². The summed E-state index contributed by atoms with van der Waals surface area (Å²) >= 11 is 6.33. The van der Waals surface area contributed by atoms with E-state index >= 15 is 0 Å². The smallest absolute Gasteiger partial charge is 0.137 e. The predicted octanol–water partition coefficient (Wildman–Crippen LogP) is 4.86. The third-order valence-electron chi connectivity index (χ3n) is 3.17. The normalized spacial score (nSPS) is 10.8. The summed E-state index contributed by atoms with van der Waals surface area (Å²) in [5, 5.41) is 1.72. The van der Waals surface area contributed by atoms with E-state index in [0.717, 1.165) is 22.0 Å². The van der Waals surface area contributed by atoms with Crippen LogP contribution < -0.4 is 0 Å². The van der Waals surface area contributed by atoms with E-state index in [-0.39, 0.29) is 0 Å². The lowest BCUT2D eigenvalue weighted by molar-refractivity contribution is 1.36. The minimum absolute atomic E-state index is 0.567. The highest BCUT2D eigenvalue weighted by Crippen LogP contribution is 2.33. The Hall–Kier alpha value is -1.86. The van der Waals surface area contributed by atoms with E-state index in [1.807, 2.05) is 36.4 Å². The van der Waals surface area contributed by atoms with E-state index in [4.69, 9.17) is 11.6 Å². The van der Waals surface area contributed by atoms with Crippen LogP contribution in [0.2, 0.25) is 5.15 Å². The molecule has 0 atom stereocenters. The van der Waals surface area contributed by atoms with Gasteiger partial charge >= 0.3 is 0 Å². The Morgan fingerprint density at radius 1 is 0.889 bits per heavy atom. The molecule has 2 heteroatoms. The van der Waals surface area contributed by atoms with Gasteiger partial charge in [-0.3, -0.25) is 0 Å². The molecular formula is C16H12ClN. The van der Waals surface area contributed by atoms with Crippen LogP contribution in [-0.4, -0.2) is 4.98 Å². The highest BCUT2D eigenvalue weighted by atomic mass is 35.5. The molecule has 18 heavy (non-hydrogen) atoms. The third kappa shape index (κ3) is 1.77. The van der Waals surface area contributed by atoms with Crippen LogP contribution in [0.3, 0.4) is 0 Å². The van der Waals surface area contributed by atoms with Crippen LogP contribution in [0.4, 0.5) is 0 Å². The number of pyridine rings is 1. The zero-order valence-electron chi connectivity index (χ0n) is 10.0. The first kappa shape index (κ1) is 11.2. The molecule has 1 aromatic heterocycles. The highest BCUT2D eigenvalue weighted by Gasteiger charge is 2.11. The fourth-order valence-electron chi connectivity index (χ4n) is 2.28. The minimum atomic E-state index is 0.567. The molecule has 0 aliphatic heterocycles. The zero-order chi connectivity index (χ0) is 12.5. The van der Waals surface area contributed by atoms with Gasteiger partial charge in [0.05, 0.1) is 5.52 Å². The van der Waals surface area contributed by atoms with E-state index in [9.17, 15) is 0 Å². The molecule has 88 valence electrons. The number of aromatic nitrogens is 1. The first-order chi connectivity index (χ1) is 8.77. The van der Waals surface area contributed by atoms with Gasteiger partial charge in [-0.25, -0.2) is 4.98 Å². The number of aryl methyl sites for hydroxylation is 1. The lowest BCUT2D eigenvalue weighted by Gasteiger charge is -2.11. The van der Waals surface area contributed by atoms with Crippen molar-refractivity contribution in [3.05, 3.63) is 65.3 Å². The number of benzene rings is 2. The van der Waals surface area contributed by atoms with Crippen molar-refractivity contribution in [2.45, 2.75) is 6.92 Å². The Morgan fingerprint density at radius 3 is 2.33 bits per heavy atom. The van der Waals surface area contributed by atoms with Crippen LogP contribution in [0, 0.1) is 6.92 Å². The van der Waals surface area contributed by atoms with E-state index in [2.05, 4.69) is 30.1 Å². The molecule has 0 bridgehead atoms. The Kier molecular flexibility index (Phi) is 2.77. The highest BCUT2D eigenvalue weighted by molar-refractivity contribution is 6.33. The summed E-state index contributed by atoms with van der Waals surface area (Å²) < 4.78 is 0. The van der Waals surface area contributed by atoms with Crippen molar-refractivity contribution < 1.29 is 0 Å². The van der Waals surface area contributed by atoms with Gasteiger partial charge in [-0.2, -0.15) is 0 Å². The molecule has 0 saturated heterocycles. The Bertz CT molecular complexity index is 705. The SMILES string of the molecule is Cc1c(-c2ccccc2)c(Cl)nc2ccccc12. The molecule has 0 spiro atoms. The molecule has 1 nitrogen and oxygen atoms in total. The van der Waals surface area contributed by atoms with Gasteiger partial charge < -0.3 is 0 Å². The fourth-order valence-corrected chi connectivity index (χ4v) is 2.62. The van der Waals surface area contributed by atoms with Crippen LogP contribution in [0.25, 0.3) is 22.0 Å². The maximum absolute atomic E-state index is 6.33. The maximum atomic E-state index is 6.33. The molecule has 0 N–H and O–H groups in total. The Morgan fingerprint density at radius 2 is 1.56 bits per heavy atom. The van der Waals surface area contributed by atoms with Crippen molar-refractivity contribution in [1.29, 1.82) is 0 Å². The van der Waals surface area contributed by atoms with Crippen molar-refractivity contribution in [1.82, 2.24) is 4.98 Å². The van der Waals surface area contributed by atoms with Crippen LogP contribution in [0.5, 0.6) is 0 Å². The molecule has 0 radical (unpaired) electrons. The van der Waals surface area contributed by atoms with Crippen LogP contribution in [0.15, 0.2) is 54.6 Å². The quantitative estimate of drug-likeness (QED) is 0.564. The van der Waals surface area contributed by atoms with Gasteiger partial charge in [0, 0.05) is 10.9 Å². The van der Waals surface area contributed by atoms with Gasteiger partial charge in [-0.1, -0.05) is 60.1 Å². The van der Waals surface area contributed by atoms with E-state index in [0.29, 0.717) is 5.15 Å².